The Hall–Kier alpha value is -2.24. The second-order valence-corrected chi connectivity index (χ2v) is 14.5. The number of hydrogen-bond acceptors (Lipinski definition) is 3. The first-order valence-corrected chi connectivity index (χ1v) is 15.1. The first-order valence-electron chi connectivity index (χ1n) is 15.1. The van der Waals surface area contributed by atoms with Crippen LogP contribution in [0.4, 0.5) is 4.39 Å². The summed E-state index contributed by atoms with van der Waals surface area (Å²) >= 11 is 0. The fraction of sp³-hybridized carbons (Fsp3) is 0.629. The van der Waals surface area contributed by atoms with Gasteiger partial charge in [0.15, 0.2) is 0 Å². The topological polar surface area (TPSA) is 49.8 Å². The summed E-state index contributed by atoms with van der Waals surface area (Å²) in [4.78, 5) is 14.6. The summed E-state index contributed by atoms with van der Waals surface area (Å²) in [7, 11) is 2.07. The minimum Gasteiger partial charge on any atom is -0.481 e. The minimum atomic E-state index is -0.678. The third kappa shape index (κ3) is 6.46. The zero-order chi connectivity index (χ0) is 29.5. The largest absolute Gasteiger partial charge is 0.481 e. The van der Waals surface area contributed by atoms with Gasteiger partial charge >= 0.3 is 5.97 Å². The number of halogens is 1. The van der Waals surface area contributed by atoms with Crippen molar-refractivity contribution >= 4 is 5.97 Å². The van der Waals surface area contributed by atoms with Crippen LogP contribution in [-0.2, 0) is 20.4 Å². The highest BCUT2D eigenvalue weighted by atomic mass is 19.1. The fourth-order valence-corrected chi connectivity index (χ4v) is 7.16. The smallest absolute Gasteiger partial charge is 0.310 e. The summed E-state index contributed by atoms with van der Waals surface area (Å²) in [6.07, 6.45) is 5.05. The molecule has 4 unspecified atom stereocenters. The second kappa shape index (κ2) is 11.6. The van der Waals surface area contributed by atoms with Crippen LogP contribution in [0.5, 0.6) is 0 Å². The molecule has 1 N–H and O–H groups in total. The van der Waals surface area contributed by atoms with Crippen LogP contribution in [0.25, 0.3) is 0 Å². The van der Waals surface area contributed by atoms with Gasteiger partial charge in [0, 0.05) is 18.5 Å². The molecule has 0 amide bonds. The Morgan fingerprint density at radius 3 is 2.20 bits per heavy atom. The Morgan fingerprint density at radius 2 is 1.65 bits per heavy atom. The molecule has 0 bridgehead atoms. The molecule has 220 valence electrons. The van der Waals surface area contributed by atoms with Crippen molar-refractivity contribution in [2.45, 2.75) is 122 Å². The summed E-state index contributed by atoms with van der Waals surface area (Å²) in [5, 5.41) is 10.1. The second-order valence-electron chi connectivity index (χ2n) is 14.5. The Bertz CT molecular complexity index is 1170. The van der Waals surface area contributed by atoms with Gasteiger partial charge in [-0.2, -0.15) is 0 Å². The number of benzene rings is 2. The number of likely N-dealkylation sites (N-methyl/N-ethyl adjacent to an activating group) is 1. The van der Waals surface area contributed by atoms with Gasteiger partial charge in [-0.05, 0) is 84.9 Å². The molecule has 2 aromatic carbocycles. The first-order chi connectivity index (χ1) is 18.6. The van der Waals surface area contributed by atoms with E-state index in [1.165, 1.54) is 28.8 Å². The molecule has 0 saturated heterocycles. The molecule has 5 heteroatoms. The molecule has 4 rings (SSSR count). The number of hydrogen-bond donors (Lipinski definition) is 1. The third-order valence-corrected chi connectivity index (χ3v) is 9.49. The van der Waals surface area contributed by atoms with Crippen molar-refractivity contribution in [1.82, 2.24) is 4.90 Å². The highest BCUT2D eigenvalue weighted by Gasteiger charge is 2.47. The van der Waals surface area contributed by atoms with Crippen molar-refractivity contribution in [2.75, 3.05) is 13.6 Å². The fourth-order valence-electron chi connectivity index (χ4n) is 7.16. The van der Waals surface area contributed by atoms with E-state index in [0.29, 0.717) is 6.54 Å². The first kappa shape index (κ1) is 30.7. The average Bonchev–Trinajstić information content (AvgIpc) is 3.51. The van der Waals surface area contributed by atoms with Crippen LogP contribution in [0.1, 0.15) is 121 Å². The molecule has 0 spiro atoms. The maximum atomic E-state index is 13.9. The SMILES string of the molecule is CC(OC1CCC(N(C)CC2(C(=O)O)CCCC2)C1c1ccc(F)cc1)c1ccc(C(C)(C)C)cc1C(C)(C)C. The average molecular weight is 552 g/mol. The van der Waals surface area contributed by atoms with Gasteiger partial charge in [0.05, 0.1) is 17.6 Å². The molecule has 2 saturated carbocycles. The van der Waals surface area contributed by atoms with Gasteiger partial charge in [-0.25, -0.2) is 4.39 Å². The van der Waals surface area contributed by atoms with E-state index in [0.717, 1.165) is 44.1 Å². The number of carbonyl (C=O) groups is 1. The van der Waals surface area contributed by atoms with E-state index < -0.39 is 11.4 Å². The molecular weight excluding hydrogens is 501 g/mol. The van der Waals surface area contributed by atoms with E-state index in [2.05, 4.69) is 78.6 Å². The van der Waals surface area contributed by atoms with Gasteiger partial charge in [-0.1, -0.05) is 84.7 Å². The predicted octanol–water partition coefficient (Wildman–Crippen LogP) is 8.39. The Kier molecular flexibility index (Phi) is 8.88. The molecule has 0 radical (unpaired) electrons. The molecule has 0 heterocycles. The van der Waals surface area contributed by atoms with E-state index in [9.17, 15) is 14.3 Å². The number of ether oxygens (including phenoxy) is 1. The van der Waals surface area contributed by atoms with E-state index in [-0.39, 0.29) is 40.8 Å². The van der Waals surface area contributed by atoms with Gasteiger partial charge in [0.2, 0.25) is 0 Å². The zero-order valence-corrected chi connectivity index (χ0v) is 25.9. The lowest BCUT2D eigenvalue weighted by Crippen LogP contribution is -2.45. The third-order valence-electron chi connectivity index (χ3n) is 9.49. The van der Waals surface area contributed by atoms with Gasteiger partial charge in [-0.3, -0.25) is 4.79 Å². The molecule has 0 aliphatic heterocycles. The normalized spacial score (nSPS) is 24.0. The van der Waals surface area contributed by atoms with Gasteiger partial charge in [0.25, 0.3) is 0 Å². The minimum absolute atomic E-state index is 0.0323. The maximum Gasteiger partial charge on any atom is 0.310 e. The van der Waals surface area contributed by atoms with Crippen molar-refractivity contribution in [2.24, 2.45) is 5.41 Å². The summed E-state index contributed by atoms with van der Waals surface area (Å²) in [5.41, 5.74) is 4.25. The van der Waals surface area contributed by atoms with Crippen LogP contribution in [0, 0.1) is 11.2 Å². The van der Waals surface area contributed by atoms with Crippen LogP contribution < -0.4 is 0 Å². The summed E-state index contributed by atoms with van der Waals surface area (Å²) in [6.45, 7) is 16.2. The molecule has 4 atom stereocenters. The van der Waals surface area contributed by atoms with Crippen molar-refractivity contribution < 1.29 is 19.0 Å². The van der Waals surface area contributed by atoms with Gasteiger partial charge in [0.1, 0.15) is 5.82 Å². The molecule has 2 aliphatic carbocycles. The number of nitrogens with zero attached hydrogens (tertiary/aromatic N) is 1. The summed E-state index contributed by atoms with van der Waals surface area (Å²) in [5.74, 6) is -0.891. The molecule has 4 nitrogen and oxygen atoms in total. The highest BCUT2D eigenvalue weighted by molar-refractivity contribution is 5.75. The van der Waals surface area contributed by atoms with Crippen LogP contribution in [0.15, 0.2) is 42.5 Å². The van der Waals surface area contributed by atoms with E-state index in [1.807, 2.05) is 12.1 Å². The highest BCUT2D eigenvalue weighted by Crippen LogP contribution is 2.45. The maximum absolute atomic E-state index is 13.9. The zero-order valence-electron chi connectivity index (χ0n) is 25.9. The molecule has 2 aliphatic rings. The molecular formula is C35H50FNO3. The number of carboxylic acids is 1. The lowest BCUT2D eigenvalue weighted by atomic mass is 9.77. The van der Waals surface area contributed by atoms with Crippen LogP contribution >= 0.6 is 0 Å². The molecule has 2 fully saturated rings. The Balaban J connectivity index is 1.63. The standard InChI is InChI=1S/C35H50FNO3/c1-23(27-16-13-25(33(2,3)4)21-28(27)34(5,6)7)40-30-18-17-29(31(30)24-11-14-26(36)15-12-24)37(8)22-35(32(38)39)19-9-10-20-35/h11-16,21,23,29-31H,9-10,17-20,22H2,1-8H3,(H,38,39). The van der Waals surface area contributed by atoms with Gasteiger partial charge < -0.3 is 14.7 Å². The number of carboxylic acid groups (broad SMARTS) is 1. The lowest BCUT2D eigenvalue weighted by molar-refractivity contribution is -0.150. The van der Waals surface area contributed by atoms with Crippen molar-refractivity contribution in [3.8, 4) is 0 Å². The summed E-state index contributed by atoms with van der Waals surface area (Å²) in [6, 6.07) is 13.8. The quantitative estimate of drug-likeness (QED) is 0.358. The molecule has 2 aromatic rings. The van der Waals surface area contributed by atoms with E-state index in [1.54, 1.807) is 0 Å². The Morgan fingerprint density at radius 1 is 1.02 bits per heavy atom. The molecule has 40 heavy (non-hydrogen) atoms. The van der Waals surface area contributed by atoms with Crippen molar-refractivity contribution in [3.05, 3.63) is 70.5 Å². The van der Waals surface area contributed by atoms with Crippen molar-refractivity contribution in [3.63, 3.8) is 0 Å². The van der Waals surface area contributed by atoms with Crippen molar-refractivity contribution in [1.29, 1.82) is 0 Å². The molecule has 0 aromatic heterocycles. The van der Waals surface area contributed by atoms with Gasteiger partial charge in [-0.15, -0.1) is 0 Å². The van der Waals surface area contributed by atoms with Crippen LogP contribution in [0.3, 0.4) is 0 Å². The lowest BCUT2D eigenvalue weighted by Gasteiger charge is -2.37. The number of aliphatic carboxylic acids is 1. The monoisotopic (exact) mass is 551 g/mol. The van der Waals surface area contributed by atoms with Crippen LogP contribution in [-0.4, -0.2) is 41.7 Å². The summed E-state index contributed by atoms with van der Waals surface area (Å²) < 4.78 is 20.9. The predicted molar refractivity (Wildman–Crippen MR) is 160 cm³/mol. The Labute approximate surface area is 241 Å². The number of rotatable bonds is 8. The van der Waals surface area contributed by atoms with Crippen LogP contribution in [0.2, 0.25) is 0 Å². The van der Waals surface area contributed by atoms with E-state index in [4.69, 9.17) is 4.74 Å². The van der Waals surface area contributed by atoms with E-state index >= 15 is 0 Å².